The number of hydrogen-bond donors (Lipinski definition) is 0. The van der Waals surface area contributed by atoms with Crippen molar-refractivity contribution in [2.75, 3.05) is 20.1 Å². The number of carbonyl (C=O) groups excluding carboxylic acids is 1. The summed E-state index contributed by atoms with van der Waals surface area (Å²) in [5.41, 5.74) is 1.40. The standard InChI is InChI=1S/C15H22NO/c1-13(17)10-15-8-9-16(2,12-15)11-14-6-4-3-5-7-14/h3-7,15H,8-12H2,1-2H3/q+1. The van der Waals surface area contributed by atoms with Crippen LogP contribution in [0.2, 0.25) is 0 Å². The highest BCUT2D eigenvalue weighted by Crippen LogP contribution is 2.27. The highest BCUT2D eigenvalue weighted by atomic mass is 16.1. The highest BCUT2D eigenvalue weighted by Gasteiger charge is 2.34. The van der Waals surface area contributed by atoms with Crippen LogP contribution < -0.4 is 0 Å². The molecule has 1 aromatic carbocycles. The fourth-order valence-corrected chi connectivity index (χ4v) is 3.04. The van der Waals surface area contributed by atoms with E-state index >= 15 is 0 Å². The lowest BCUT2D eigenvalue weighted by atomic mass is 10.0. The van der Waals surface area contributed by atoms with Crippen molar-refractivity contribution in [3.05, 3.63) is 35.9 Å². The molecule has 1 heterocycles. The van der Waals surface area contributed by atoms with Crippen LogP contribution in [0.25, 0.3) is 0 Å². The van der Waals surface area contributed by atoms with Crippen LogP contribution in [-0.4, -0.2) is 30.4 Å². The molecule has 92 valence electrons. The molecule has 2 atom stereocenters. The van der Waals surface area contributed by atoms with Crippen LogP contribution in [0.1, 0.15) is 25.3 Å². The molecule has 2 rings (SSSR count). The van der Waals surface area contributed by atoms with Crippen LogP contribution in [0.3, 0.4) is 0 Å². The molecule has 1 aliphatic rings. The monoisotopic (exact) mass is 232 g/mol. The molecule has 1 aromatic rings. The summed E-state index contributed by atoms with van der Waals surface area (Å²) >= 11 is 0. The van der Waals surface area contributed by atoms with Crippen molar-refractivity contribution in [3.63, 3.8) is 0 Å². The summed E-state index contributed by atoms with van der Waals surface area (Å²) in [6.45, 7) is 5.15. The van der Waals surface area contributed by atoms with Crippen molar-refractivity contribution in [2.24, 2.45) is 5.92 Å². The molecular formula is C15H22NO+. The molecule has 0 radical (unpaired) electrons. The van der Waals surface area contributed by atoms with Gasteiger partial charge in [0.25, 0.3) is 0 Å². The first-order chi connectivity index (χ1) is 8.07. The molecule has 1 saturated heterocycles. The smallest absolute Gasteiger partial charge is 0.130 e. The summed E-state index contributed by atoms with van der Waals surface area (Å²) in [7, 11) is 2.31. The van der Waals surface area contributed by atoms with Gasteiger partial charge in [-0.2, -0.15) is 0 Å². The van der Waals surface area contributed by atoms with Crippen LogP contribution in [0.4, 0.5) is 0 Å². The molecule has 2 unspecified atom stereocenters. The lowest BCUT2D eigenvalue weighted by Gasteiger charge is -2.29. The van der Waals surface area contributed by atoms with Gasteiger partial charge >= 0.3 is 0 Å². The molecule has 0 aromatic heterocycles. The van der Waals surface area contributed by atoms with E-state index < -0.39 is 0 Å². The molecule has 17 heavy (non-hydrogen) atoms. The summed E-state index contributed by atoms with van der Waals surface area (Å²) in [4.78, 5) is 11.2. The Morgan fingerprint density at radius 2 is 2.06 bits per heavy atom. The van der Waals surface area contributed by atoms with Crippen LogP contribution in [0, 0.1) is 5.92 Å². The molecule has 0 amide bonds. The van der Waals surface area contributed by atoms with E-state index in [1.54, 1.807) is 6.92 Å². The molecule has 0 N–H and O–H groups in total. The Hall–Kier alpha value is -1.15. The Morgan fingerprint density at radius 3 is 2.71 bits per heavy atom. The fourth-order valence-electron chi connectivity index (χ4n) is 3.04. The van der Waals surface area contributed by atoms with Crippen LogP contribution in [-0.2, 0) is 11.3 Å². The van der Waals surface area contributed by atoms with Gasteiger partial charge in [0.05, 0.1) is 20.1 Å². The Balaban J connectivity index is 1.95. The SMILES string of the molecule is CC(=O)CC1CC[N+](C)(Cc2ccccc2)C1. The molecule has 0 spiro atoms. The normalized spacial score (nSPS) is 28.2. The zero-order valence-electron chi connectivity index (χ0n) is 10.9. The topological polar surface area (TPSA) is 17.1 Å². The van der Waals surface area contributed by atoms with Gasteiger partial charge in [-0.05, 0) is 6.92 Å². The number of quaternary nitrogens is 1. The van der Waals surface area contributed by atoms with Crippen LogP contribution in [0.5, 0.6) is 0 Å². The van der Waals surface area contributed by atoms with E-state index in [4.69, 9.17) is 0 Å². The summed E-state index contributed by atoms with van der Waals surface area (Å²) in [6.07, 6.45) is 1.96. The second kappa shape index (κ2) is 5.01. The number of Topliss-reactive ketones (excluding diaryl/α,β-unsaturated/α-hetero) is 1. The van der Waals surface area contributed by atoms with Gasteiger partial charge in [-0.25, -0.2) is 0 Å². The first kappa shape index (κ1) is 12.3. The molecule has 0 bridgehead atoms. The molecular weight excluding hydrogens is 210 g/mol. The number of rotatable bonds is 4. The van der Waals surface area contributed by atoms with E-state index in [2.05, 4.69) is 37.4 Å². The minimum Gasteiger partial charge on any atom is -0.322 e. The molecule has 0 aliphatic carbocycles. The molecule has 1 aliphatic heterocycles. The Morgan fingerprint density at radius 1 is 1.35 bits per heavy atom. The van der Waals surface area contributed by atoms with Gasteiger partial charge < -0.3 is 9.28 Å². The minimum absolute atomic E-state index is 0.336. The van der Waals surface area contributed by atoms with Gasteiger partial charge in [-0.15, -0.1) is 0 Å². The van der Waals surface area contributed by atoms with E-state index in [1.807, 2.05) is 0 Å². The summed E-state index contributed by atoms with van der Waals surface area (Å²) in [5.74, 6) is 0.935. The highest BCUT2D eigenvalue weighted by molar-refractivity contribution is 5.75. The van der Waals surface area contributed by atoms with E-state index in [-0.39, 0.29) is 0 Å². The fraction of sp³-hybridized carbons (Fsp3) is 0.533. The third-order valence-corrected chi connectivity index (χ3v) is 3.76. The number of likely N-dealkylation sites (tertiary alicyclic amines) is 1. The average molecular weight is 232 g/mol. The Bertz CT molecular complexity index is 387. The summed E-state index contributed by atoms with van der Waals surface area (Å²) < 4.78 is 1.09. The van der Waals surface area contributed by atoms with Gasteiger partial charge in [-0.3, -0.25) is 0 Å². The predicted molar refractivity (Wildman–Crippen MR) is 69.5 cm³/mol. The number of nitrogens with zero attached hydrogens (tertiary/aromatic N) is 1. The van der Waals surface area contributed by atoms with Gasteiger partial charge in [0.2, 0.25) is 0 Å². The third-order valence-electron chi connectivity index (χ3n) is 3.76. The zero-order valence-corrected chi connectivity index (χ0v) is 10.9. The number of hydrogen-bond acceptors (Lipinski definition) is 1. The minimum atomic E-state index is 0.336. The second-order valence-corrected chi connectivity index (χ2v) is 5.73. The quantitative estimate of drug-likeness (QED) is 0.729. The molecule has 0 saturated carbocycles. The largest absolute Gasteiger partial charge is 0.322 e. The van der Waals surface area contributed by atoms with Crippen molar-refractivity contribution in [1.29, 1.82) is 0 Å². The summed E-state index contributed by atoms with van der Waals surface area (Å²) in [5, 5.41) is 0. The van der Waals surface area contributed by atoms with Crippen molar-refractivity contribution < 1.29 is 9.28 Å². The van der Waals surface area contributed by atoms with E-state index in [1.165, 1.54) is 18.5 Å². The lowest BCUT2D eigenvalue weighted by molar-refractivity contribution is -0.912. The van der Waals surface area contributed by atoms with Crippen LogP contribution in [0.15, 0.2) is 30.3 Å². The molecule has 2 heteroatoms. The average Bonchev–Trinajstić information content (AvgIpc) is 2.60. The van der Waals surface area contributed by atoms with Gasteiger partial charge in [0.1, 0.15) is 12.3 Å². The van der Waals surface area contributed by atoms with E-state index in [9.17, 15) is 4.79 Å². The molecule has 2 nitrogen and oxygen atoms in total. The number of carbonyl (C=O) groups is 1. The first-order valence-corrected chi connectivity index (χ1v) is 6.44. The summed E-state index contributed by atoms with van der Waals surface area (Å²) in [6, 6.07) is 10.7. The van der Waals surface area contributed by atoms with Crippen molar-refractivity contribution in [2.45, 2.75) is 26.3 Å². The predicted octanol–water partition coefficient (Wildman–Crippen LogP) is 2.63. The van der Waals surface area contributed by atoms with Crippen LogP contribution >= 0.6 is 0 Å². The third kappa shape index (κ3) is 3.40. The van der Waals surface area contributed by atoms with Gasteiger partial charge in [0, 0.05) is 24.3 Å². The Kier molecular flexibility index (Phi) is 3.63. The zero-order chi connectivity index (χ0) is 12.3. The molecule has 1 fully saturated rings. The number of benzene rings is 1. The van der Waals surface area contributed by atoms with E-state index in [0.29, 0.717) is 11.7 Å². The maximum absolute atomic E-state index is 11.2. The van der Waals surface area contributed by atoms with Crippen molar-refractivity contribution in [1.82, 2.24) is 0 Å². The number of ketones is 1. The lowest BCUT2D eigenvalue weighted by Crippen LogP contribution is -2.40. The maximum atomic E-state index is 11.2. The second-order valence-electron chi connectivity index (χ2n) is 5.73. The van der Waals surface area contributed by atoms with Crippen molar-refractivity contribution in [3.8, 4) is 0 Å². The van der Waals surface area contributed by atoms with Gasteiger partial charge in [-0.1, -0.05) is 30.3 Å². The van der Waals surface area contributed by atoms with Crippen molar-refractivity contribution >= 4 is 5.78 Å². The van der Waals surface area contributed by atoms with E-state index in [0.717, 1.165) is 24.0 Å². The maximum Gasteiger partial charge on any atom is 0.130 e. The van der Waals surface area contributed by atoms with Gasteiger partial charge in [0.15, 0.2) is 0 Å². The Labute approximate surface area is 104 Å². The first-order valence-electron chi connectivity index (χ1n) is 6.44.